The van der Waals surface area contributed by atoms with Crippen LogP contribution in [-0.2, 0) is 18.0 Å². The van der Waals surface area contributed by atoms with Gasteiger partial charge in [-0.05, 0) is 35.9 Å². The molecule has 2 aromatic rings. The maximum Gasteiger partial charge on any atom is 0.142 e. The van der Waals surface area contributed by atoms with E-state index in [1.807, 2.05) is 18.2 Å². The fourth-order valence-corrected chi connectivity index (χ4v) is 2.78. The van der Waals surface area contributed by atoms with Gasteiger partial charge in [0.2, 0.25) is 0 Å². The summed E-state index contributed by atoms with van der Waals surface area (Å²) >= 11 is 5.60. The molecule has 0 saturated heterocycles. The monoisotopic (exact) mass is 309 g/mol. The minimum absolute atomic E-state index is 0.214. The van der Waals surface area contributed by atoms with Crippen LogP contribution in [0.25, 0.3) is 0 Å². The first-order chi connectivity index (χ1) is 10.1. The van der Waals surface area contributed by atoms with E-state index in [9.17, 15) is 8.78 Å². The Morgan fingerprint density at radius 2 is 1.86 bits per heavy atom. The van der Waals surface area contributed by atoms with E-state index in [0.717, 1.165) is 28.8 Å². The average molecular weight is 310 g/mol. The highest BCUT2D eigenvalue weighted by Gasteiger charge is 2.21. The van der Waals surface area contributed by atoms with Crippen molar-refractivity contribution in [2.24, 2.45) is 0 Å². The lowest BCUT2D eigenvalue weighted by molar-refractivity contribution is 0.134. The highest BCUT2D eigenvalue weighted by molar-refractivity contribution is 6.30. The van der Waals surface area contributed by atoms with Crippen LogP contribution in [0.2, 0.25) is 5.02 Å². The normalized spacial score (nSPS) is 15.0. The molecule has 0 aromatic heterocycles. The van der Waals surface area contributed by atoms with Gasteiger partial charge in [0.1, 0.15) is 11.6 Å². The molecule has 0 amide bonds. The summed E-state index contributed by atoms with van der Waals surface area (Å²) in [7, 11) is 1.71. The van der Waals surface area contributed by atoms with E-state index >= 15 is 0 Å². The third-order valence-electron chi connectivity index (χ3n) is 3.72. The molecule has 1 aliphatic heterocycles. The number of ether oxygens (including phenoxy) is 1. The topological polar surface area (TPSA) is 21.3 Å². The summed E-state index contributed by atoms with van der Waals surface area (Å²) in [5.74, 6) is -1.16. The van der Waals surface area contributed by atoms with Crippen molar-refractivity contribution in [3.8, 4) is 0 Å². The van der Waals surface area contributed by atoms with E-state index in [-0.39, 0.29) is 10.6 Å². The van der Waals surface area contributed by atoms with E-state index in [2.05, 4.69) is 5.32 Å². The first kappa shape index (κ1) is 14.4. The van der Waals surface area contributed by atoms with Crippen LogP contribution in [0, 0.1) is 11.6 Å². The second kappa shape index (κ2) is 5.72. The summed E-state index contributed by atoms with van der Waals surface area (Å²) < 4.78 is 33.1. The molecular weight excluding hydrogens is 296 g/mol. The molecule has 1 atom stereocenters. The number of hydrogen-bond donors (Lipinski definition) is 1. The van der Waals surface area contributed by atoms with Gasteiger partial charge in [-0.15, -0.1) is 0 Å². The van der Waals surface area contributed by atoms with Crippen LogP contribution in [0.4, 0.5) is 8.78 Å². The summed E-state index contributed by atoms with van der Waals surface area (Å²) in [5, 5.41) is 2.81. The molecule has 3 rings (SSSR count). The van der Waals surface area contributed by atoms with Crippen LogP contribution in [0.1, 0.15) is 28.3 Å². The van der Waals surface area contributed by atoms with Crippen molar-refractivity contribution in [3.05, 3.63) is 69.2 Å². The number of halogens is 3. The molecule has 1 heterocycles. The number of benzene rings is 2. The van der Waals surface area contributed by atoms with Gasteiger partial charge in [0, 0.05) is 5.56 Å². The van der Waals surface area contributed by atoms with E-state index in [4.69, 9.17) is 16.3 Å². The molecule has 1 aliphatic rings. The zero-order chi connectivity index (χ0) is 15.0. The van der Waals surface area contributed by atoms with Gasteiger partial charge in [-0.1, -0.05) is 29.8 Å². The first-order valence-electron chi connectivity index (χ1n) is 6.61. The number of nitrogens with one attached hydrogen (secondary N) is 1. The summed E-state index contributed by atoms with van der Waals surface area (Å²) in [6.45, 7) is 1.15. The zero-order valence-electron chi connectivity index (χ0n) is 11.4. The maximum absolute atomic E-state index is 14.1. The predicted molar refractivity (Wildman–Crippen MR) is 77.2 cm³/mol. The average Bonchev–Trinajstić information content (AvgIpc) is 2.92. The second-order valence-electron chi connectivity index (χ2n) is 5.03. The van der Waals surface area contributed by atoms with Crippen LogP contribution >= 0.6 is 11.6 Å². The number of rotatable bonds is 3. The third-order valence-corrected chi connectivity index (χ3v) is 4.01. The molecule has 1 unspecified atom stereocenters. The van der Waals surface area contributed by atoms with Crippen LogP contribution < -0.4 is 5.32 Å². The van der Waals surface area contributed by atoms with Crippen LogP contribution in [0.5, 0.6) is 0 Å². The molecular formula is C16H14ClF2NO. The molecule has 2 aromatic carbocycles. The van der Waals surface area contributed by atoms with Gasteiger partial charge < -0.3 is 10.1 Å². The van der Waals surface area contributed by atoms with E-state index in [1.54, 1.807) is 7.05 Å². The van der Waals surface area contributed by atoms with Gasteiger partial charge in [0.05, 0.1) is 24.3 Å². The van der Waals surface area contributed by atoms with E-state index in [0.29, 0.717) is 13.2 Å². The predicted octanol–water partition coefficient (Wildman–Crippen LogP) is 3.96. The van der Waals surface area contributed by atoms with Crippen molar-refractivity contribution in [2.45, 2.75) is 19.3 Å². The Morgan fingerprint density at radius 3 is 2.62 bits per heavy atom. The quantitative estimate of drug-likeness (QED) is 0.867. The van der Waals surface area contributed by atoms with Crippen molar-refractivity contribution in [2.75, 3.05) is 7.05 Å². The summed E-state index contributed by atoms with van der Waals surface area (Å²) in [5.41, 5.74) is 3.32. The Morgan fingerprint density at radius 1 is 1.10 bits per heavy atom. The Hall–Kier alpha value is -1.49. The summed E-state index contributed by atoms with van der Waals surface area (Å²) in [6, 6.07) is 7.54. The SMILES string of the molecule is CNC(c1ccc2c(c1)COC2)c1cc(F)c(Cl)cc1F. The zero-order valence-corrected chi connectivity index (χ0v) is 12.2. The molecule has 0 bridgehead atoms. The van der Waals surface area contributed by atoms with Crippen molar-refractivity contribution >= 4 is 11.6 Å². The number of fused-ring (bicyclic) bond motifs is 1. The lowest BCUT2D eigenvalue weighted by Crippen LogP contribution is -2.19. The standard InChI is InChI=1S/C16H14ClF2NO/c1-20-16(12-5-15(19)13(17)6-14(12)18)9-2-3-10-7-21-8-11(10)4-9/h2-6,16,20H,7-8H2,1H3. The van der Waals surface area contributed by atoms with E-state index < -0.39 is 17.7 Å². The highest BCUT2D eigenvalue weighted by atomic mass is 35.5. The molecule has 0 fully saturated rings. The highest BCUT2D eigenvalue weighted by Crippen LogP contribution is 2.30. The minimum Gasteiger partial charge on any atom is -0.372 e. The van der Waals surface area contributed by atoms with Crippen LogP contribution in [0.15, 0.2) is 30.3 Å². The van der Waals surface area contributed by atoms with Gasteiger partial charge >= 0.3 is 0 Å². The molecule has 0 aliphatic carbocycles. The van der Waals surface area contributed by atoms with Crippen molar-refractivity contribution < 1.29 is 13.5 Å². The molecule has 110 valence electrons. The molecule has 0 saturated carbocycles. The van der Waals surface area contributed by atoms with Gasteiger partial charge in [0.25, 0.3) is 0 Å². The third kappa shape index (κ3) is 2.67. The van der Waals surface area contributed by atoms with Crippen molar-refractivity contribution in [1.29, 1.82) is 0 Å². The minimum atomic E-state index is -0.627. The summed E-state index contributed by atoms with van der Waals surface area (Å²) in [6.07, 6.45) is 0. The van der Waals surface area contributed by atoms with E-state index in [1.165, 1.54) is 0 Å². The molecule has 1 N–H and O–H groups in total. The van der Waals surface area contributed by atoms with Gasteiger partial charge in [-0.25, -0.2) is 8.78 Å². The Bertz CT molecular complexity index is 690. The Labute approximate surface area is 126 Å². The van der Waals surface area contributed by atoms with Crippen molar-refractivity contribution in [1.82, 2.24) is 5.32 Å². The molecule has 2 nitrogen and oxygen atoms in total. The van der Waals surface area contributed by atoms with Gasteiger partial charge in [0.15, 0.2) is 0 Å². The lowest BCUT2D eigenvalue weighted by atomic mass is 9.95. The largest absolute Gasteiger partial charge is 0.372 e. The van der Waals surface area contributed by atoms with Crippen LogP contribution in [-0.4, -0.2) is 7.05 Å². The maximum atomic E-state index is 14.1. The second-order valence-corrected chi connectivity index (χ2v) is 5.44. The molecule has 0 spiro atoms. The molecule has 0 radical (unpaired) electrons. The molecule has 21 heavy (non-hydrogen) atoms. The fraction of sp³-hybridized carbons (Fsp3) is 0.250. The Kier molecular flexibility index (Phi) is 3.93. The smallest absolute Gasteiger partial charge is 0.142 e. The van der Waals surface area contributed by atoms with Gasteiger partial charge in [-0.2, -0.15) is 0 Å². The molecule has 5 heteroatoms. The van der Waals surface area contributed by atoms with Crippen molar-refractivity contribution in [3.63, 3.8) is 0 Å². The number of hydrogen-bond acceptors (Lipinski definition) is 2. The first-order valence-corrected chi connectivity index (χ1v) is 6.99. The fourth-order valence-electron chi connectivity index (χ4n) is 2.63. The van der Waals surface area contributed by atoms with Crippen LogP contribution in [0.3, 0.4) is 0 Å². The Balaban J connectivity index is 2.04. The summed E-state index contributed by atoms with van der Waals surface area (Å²) in [4.78, 5) is 0. The van der Waals surface area contributed by atoms with Gasteiger partial charge in [-0.3, -0.25) is 0 Å². The lowest BCUT2D eigenvalue weighted by Gasteiger charge is -2.19.